The largest absolute Gasteiger partial charge is 0.505 e. The molecule has 0 fully saturated rings. The molecule has 0 atom stereocenters. The summed E-state index contributed by atoms with van der Waals surface area (Å²) in [5.41, 5.74) is 10.9. The van der Waals surface area contributed by atoms with Gasteiger partial charge in [-0.2, -0.15) is 16.8 Å². The van der Waals surface area contributed by atoms with Gasteiger partial charge in [0, 0.05) is 144 Å². The molecule has 0 spiro atoms. The van der Waals surface area contributed by atoms with Gasteiger partial charge in [0.05, 0.1) is 40.7 Å². The average molecular weight is 1630 g/mol. The number of pyridine rings is 3. The lowest BCUT2D eigenvalue weighted by molar-refractivity contribution is 0.0755. The van der Waals surface area contributed by atoms with Gasteiger partial charge in [-0.1, -0.05) is 158 Å². The number of phenols is 1. The number of ether oxygens (including phenoxy) is 2. The van der Waals surface area contributed by atoms with Crippen molar-refractivity contribution in [2.45, 2.75) is 61.5 Å². The molecule has 10 aromatic carbocycles. The van der Waals surface area contributed by atoms with E-state index in [0.717, 1.165) is 54.3 Å². The van der Waals surface area contributed by atoms with E-state index < -0.39 is 44.0 Å². The van der Waals surface area contributed by atoms with Crippen LogP contribution < -0.4 is 23.4 Å². The second-order valence-corrected chi connectivity index (χ2v) is 32.6. The number of carbonyl (C=O) groups excluding carboxylic acids is 3. The highest BCUT2D eigenvalue weighted by atomic mass is 32.2. The summed E-state index contributed by atoms with van der Waals surface area (Å²) in [4.78, 5) is 68.2. The number of aromatic nitrogens is 7. The Kier molecular flexibility index (Phi) is 21.7. The molecule has 119 heavy (non-hydrogen) atoms. The number of fused-ring (bicyclic) bond motifs is 6. The number of aryl methyl sites for hydroxylation is 2. The van der Waals surface area contributed by atoms with Gasteiger partial charge in [0.25, 0.3) is 37.8 Å². The third-order valence-corrected chi connectivity index (χ3v) is 24.4. The van der Waals surface area contributed by atoms with Crippen molar-refractivity contribution in [2.75, 3.05) is 35.1 Å². The number of hydrogen-bond donors (Lipinski definition) is 2. The number of benzene rings is 10. The summed E-state index contributed by atoms with van der Waals surface area (Å²) in [5.74, 6) is -1.60. The summed E-state index contributed by atoms with van der Waals surface area (Å²) >= 11 is 0. The molecule has 2 N–H and O–H groups in total. The van der Waals surface area contributed by atoms with E-state index in [9.17, 15) is 49.5 Å². The summed E-state index contributed by atoms with van der Waals surface area (Å²) in [6, 6.07) is 67.9. The molecule has 0 unspecified atom stereocenters. The molecule has 8 heterocycles. The van der Waals surface area contributed by atoms with Gasteiger partial charge in [-0.05, 0) is 112 Å². The monoisotopic (exact) mass is 1630 g/mol. The molecule has 0 saturated carbocycles. The minimum Gasteiger partial charge on any atom is -0.505 e. The number of amides is 3. The molecular formula is C91H76F3N13O10S2. The van der Waals surface area contributed by atoms with Crippen LogP contribution in [0.2, 0.25) is 0 Å². The van der Waals surface area contributed by atoms with Crippen LogP contribution in [0.3, 0.4) is 0 Å². The van der Waals surface area contributed by atoms with Crippen molar-refractivity contribution in [1.82, 2.24) is 48.8 Å². The Balaban J connectivity index is 0.000000135. The van der Waals surface area contributed by atoms with Crippen molar-refractivity contribution in [1.29, 1.82) is 0 Å². The molecule has 28 heteroatoms. The number of aromatic hydroxyl groups is 1. The maximum absolute atomic E-state index is 14.4. The van der Waals surface area contributed by atoms with Crippen LogP contribution in [0, 0.1) is 17.5 Å². The molecule has 0 bridgehead atoms. The van der Waals surface area contributed by atoms with E-state index in [2.05, 4.69) is 30.2 Å². The topological polar surface area (TPSA) is 261 Å². The van der Waals surface area contributed by atoms with Gasteiger partial charge in [-0.25, -0.2) is 23.1 Å². The third kappa shape index (κ3) is 15.3. The second kappa shape index (κ2) is 32.8. The Morgan fingerprint density at radius 2 is 0.739 bits per heavy atom. The van der Waals surface area contributed by atoms with Gasteiger partial charge in [0.1, 0.15) is 46.2 Å². The van der Waals surface area contributed by atoms with E-state index in [4.69, 9.17) is 9.47 Å². The van der Waals surface area contributed by atoms with Crippen molar-refractivity contribution in [3.63, 3.8) is 0 Å². The summed E-state index contributed by atoms with van der Waals surface area (Å²) in [6.45, 7) is 1.25. The summed E-state index contributed by atoms with van der Waals surface area (Å²) in [6.07, 6.45) is 9.35. The zero-order valence-electron chi connectivity index (χ0n) is 64.8. The number of rotatable bonds is 21. The maximum atomic E-state index is 14.4. The van der Waals surface area contributed by atoms with Crippen molar-refractivity contribution >= 4 is 87.5 Å². The van der Waals surface area contributed by atoms with Gasteiger partial charge in [-0.15, -0.1) is 0 Å². The first-order valence-corrected chi connectivity index (χ1v) is 40.7. The molecule has 18 rings (SSSR count). The van der Waals surface area contributed by atoms with Crippen LogP contribution in [-0.4, -0.2) is 110 Å². The van der Waals surface area contributed by atoms with Gasteiger partial charge in [0.15, 0.2) is 27.3 Å². The van der Waals surface area contributed by atoms with Gasteiger partial charge in [0.2, 0.25) is 0 Å². The van der Waals surface area contributed by atoms with Crippen molar-refractivity contribution < 1.29 is 59.0 Å². The standard InChI is InChI=1S/C36H30FN5O4S.C32H26FN3O2.C23H20FN5O4S/c1-40-22-30(39-23-40)47(44,45)41(2)33-28-14-9-19-38-32(28)35(46-34(25-10-5-3-6-11-25)26-12-7-4-8-13-26)31-29(33)21-42(36(31)43)20-24-15-17-27(37)18-16-24;1-34-28-25-13-8-18-35-29(25)31(38-30(22-9-4-2-5-10-22)23-11-6-3-7-12-23)27-26(28)20-36(32(27)37)19-21-14-16-24(33)17-15-21;1-27-12-18(26-13-27)34(32,33)28(2)21-16-4-3-9-25-20(16)22(30)19-17(21)11-29(23(19)31)10-14-5-7-15(24)8-6-14/h3-19,22-23,34H,20-21H2,1-2H3;2-18,30,34H,19-20H2,1H3;3-9,12-13,30H,10-11H2,1-2H3. The predicted molar refractivity (Wildman–Crippen MR) is 445 cm³/mol. The Hall–Kier alpha value is -14.3. The van der Waals surface area contributed by atoms with Crippen LogP contribution in [0.25, 0.3) is 32.7 Å². The lowest BCUT2D eigenvalue weighted by atomic mass is 9.99. The van der Waals surface area contributed by atoms with E-state index >= 15 is 0 Å². The highest BCUT2D eigenvalue weighted by Gasteiger charge is 2.43. The normalized spacial score (nSPS) is 13.0. The van der Waals surface area contributed by atoms with Gasteiger partial charge >= 0.3 is 0 Å². The number of anilines is 3. The SMILES string of the molecule is CN(c1c2c(c(O)c3ncccc13)C(=O)N(Cc1ccc(F)cc1)C2)S(=O)(=O)c1cn(C)cn1.CN(c1c2c(c(OC(c3ccccc3)c3ccccc3)c3ncccc13)C(=O)N(Cc1ccc(F)cc1)C2)S(=O)(=O)c1cn(C)cn1.CNc1c2c(c(OC(c3ccccc3)c3ccccc3)c3ncccc13)C(=O)N(Cc1ccc(F)cc1)C2. The average Bonchev–Trinajstić information content (AvgIpc) is 1.66. The Morgan fingerprint density at radius 1 is 0.420 bits per heavy atom. The van der Waals surface area contributed by atoms with Gasteiger partial charge < -0.3 is 43.7 Å². The lowest BCUT2D eigenvalue weighted by Crippen LogP contribution is -2.28. The summed E-state index contributed by atoms with van der Waals surface area (Å²) < 4.78 is 114. The third-order valence-electron chi connectivity index (χ3n) is 21.1. The van der Waals surface area contributed by atoms with Crippen LogP contribution in [0.15, 0.2) is 284 Å². The molecule has 3 aliphatic heterocycles. The first-order valence-electron chi connectivity index (χ1n) is 37.8. The lowest BCUT2D eigenvalue weighted by Gasteiger charge is -2.26. The van der Waals surface area contributed by atoms with E-state index in [0.29, 0.717) is 68.6 Å². The minimum absolute atomic E-state index is 0.00591. The van der Waals surface area contributed by atoms with E-state index in [-0.39, 0.29) is 93.5 Å². The number of nitrogens with one attached hydrogen (secondary N) is 1. The quantitative estimate of drug-likeness (QED) is 0.0677. The predicted octanol–water partition coefficient (Wildman–Crippen LogP) is 15.8. The number of hydrogen-bond acceptors (Lipinski definition) is 16. The molecule has 15 aromatic rings. The zero-order valence-corrected chi connectivity index (χ0v) is 66.4. The van der Waals surface area contributed by atoms with Crippen LogP contribution in [0.5, 0.6) is 17.2 Å². The maximum Gasteiger partial charge on any atom is 0.283 e. The molecule has 23 nitrogen and oxygen atoms in total. The second-order valence-electron chi connectivity index (χ2n) is 28.8. The van der Waals surface area contributed by atoms with Crippen molar-refractivity contribution in [3.8, 4) is 17.2 Å². The summed E-state index contributed by atoms with van der Waals surface area (Å²) in [7, 11) is -0.171. The molecule has 0 aliphatic carbocycles. The van der Waals surface area contributed by atoms with E-state index in [1.54, 1.807) is 102 Å². The first-order chi connectivity index (χ1) is 57.5. The van der Waals surface area contributed by atoms with E-state index in [1.807, 2.05) is 141 Å². The summed E-state index contributed by atoms with van der Waals surface area (Å²) in [5, 5.41) is 15.7. The number of imidazole rings is 2. The number of sulfonamides is 2. The molecule has 5 aromatic heterocycles. The fourth-order valence-electron chi connectivity index (χ4n) is 15.4. The number of halogens is 3. The minimum atomic E-state index is -4.14. The fourth-order valence-corrected chi connectivity index (χ4v) is 17.8. The smallest absolute Gasteiger partial charge is 0.283 e. The Morgan fingerprint density at radius 3 is 1.10 bits per heavy atom. The fraction of sp³-hybridized carbons (Fsp3) is 0.143. The van der Waals surface area contributed by atoms with Crippen LogP contribution >= 0.6 is 0 Å². The Labute approximate surface area is 683 Å². The van der Waals surface area contributed by atoms with Crippen LogP contribution in [-0.2, 0) is 73.4 Å². The molecule has 3 amide bonds. The zero-order chi connectivity index (χ0) is 83.0. The first kappa shape index (κ1) is 78.6. The van der Waals surface area contributed by atoms with Crippen LogP contribution in [0.1, 0.15) is 98.9 Å². The Bertz CT molecular complexity index is 6540. The molecule has 3 aliphatic rings. The van der Waals surface area contributed by atoms with Crippen molar-refractivity contribution in [3.05, 3.63) is 364 Å². The molecule has 598 valence electrons. The molecule has 0 saturated heterocycles. The highest BCUT2D eigenvalue weighted by Crippen LogP contribution is 2.50. The number of nitrogens with zero attached hydrogens (tertiary/aromatic N) is 12. The molecule has 0 radical (unpaired) electrons. The highest BCUT2D eigenvalue weighted by molar-refractivity contribution is 7.93. The number of phenolic OH excluding ortho intramolecular Hbond substituents is 1. The molecular weight excluding hydrogens is 1560 g/mol. The van der Waals surface area contributed by atoms with Gasteiger partial charge in [-0.3, -0.25) is 37.9 Å². The van der Waals surface area contributed by atoms with E-state index in [1.165, 1.54) is 95.5 Å². The number of carbonyl (C=O) groups is 3. The van der Waals surface area contributed by atoms with Crippen LogP contribution in [0.4, 0.5) is 30.2 Å². The van der Waals surface area contributed by atoms with Crippen molar-refractivity contribution in [2.24, 2.45) is 14.1 Å².